The predicted octanol–water partition coefficient (Wildman–Crippen LogP) is 1.07. The number of ketones is 1. The molecule has 1 aromatic carbocycles. The Hall–Kier alpha value is -3.20. The van der Waals surface area contributed by atoms with Crippen molar-refractivity contribution in [3.8, 4) is 5.88 Å². The van der Waals surface area contributed by atoms with Gasteiger partial charge in [0.05, 0.1) is 29.5 Å². The van der Waals surface area contributed by atoms with E-state index in [1.54, 1.807) is 13.2 Å². The minimum Gasteiger partial charge on any atom is -0.477 e. The summed E-state index contributed by atoms with van der Waals surface area (Å²) in [5.74, 6) is -0.324. The Kier molecular flexibility index (Phi) is 4.36. The van der Waals surface area contributed by atoms with Gasteiger partial charge in [0.15, 0.2) is 5.78 Å². The highest BCUT2D eigenvalue weighted by atomic mass is 16.5. The summed E-state index contributed by atoms with van der Waals surface area (Å²) in [6, 6.07) is 5.54. The van der Waals surface area contributed by atoms with Crippen molar-refractivity contribution in [2.75, 3.05) is 19.5 Å². The van der Waals surface area contributed by atoms with Gasteiger partial charge in [0.1, 0.15) is 17.7 Å². The number of methoxy groups -OCH3 is 1. The molecule has 27 heavy (non-hydrogen) atoms. The van der Waals surface area contributed by atoms with Crippen molar-refractivity contribution in [2.24, 2.45) is 5.92 Å². The second-order valence-electron chi connectivity index (χ2n) is 6.48. The summed E-state index contributed by atoms with van der Waals surface area (Å²) in [5.41, 5.74) is 7.55. The third-order valence-electron chi connectivity index (χ3n) is 4.92. The molecule has 2 aromatic heterocycles. The van der Waals surface area contributed by atoms with E-state index in [2.05, 4.69) is 20.2 Å². The molecular formula is C18H19N5O4. The maximum atomic E-state index is 13.1. The van der Waals surface area contributed by atoms with Crippen molar-refractivity contribution in [1.82, 2.24) is 20.2 Å². The van der Waals surface area contributed by atoms with Gasteiger partial charge in [-0.2, -0.15) is 0 Å². The van der Waals surface area contributed by atoms with E-state index in [1.165, 1.54) is 6.33 Å². The van der Waals surface area contributed by atoms with Gasteiger partial charge in [-0.05, 0) is 30.5 Å². The fraction of sp³-hybridized carbons (Fsp3) is 0.333. The molecular weight excluding hydrogens is 350 g/mol. The lowest BCUT2D eigenvalue weighted by Gasteiger charge is -2.23. The van der Waals surface area contributed by atoms with E-state index < -0.39 is 12.0 Å². The van der Waals surface area contributed by atoms with Crippen LogP contribution < -0.4 is 16.0 Å². The summed E-state index contributed by atoms with van der Waals surface area (Å²) in [5, 5.41) is 5.94. The first-order chi connectivity index (χ1) is 13.1. The smallest absolute Gasteiger partial charge is 0.271 e. The molecule has 9 nitrogen and oxygen atoms in total. The number of nitrogen functional groups attached to an aromatic ring is 1. The van der Waals surface area contributed by atoms with Gasteiger partial charge >= 0.3 is 0 Å². The number of Topliss-reactive ketones (excluding diaryl/α,β-unsaturated/α-hetero) is 1. The first-order valence-electron chi connectivity index (χ1n) is 8.58. The van der Waals surface area contributed by atoms with Crippen LogP contribution in [0.4, 0.5) is 5.82 Å². The van der Waals surface area contributed by atoms with Gasteiger partial charge in [0, 0.05) is 7.11 Å². The molecule has 4 N–H and O–H groups in total. The Balaban J connectivity index is 1.65. The lowest BCUT2D eigenvalue weighted by atomic mass is 9.87. The first-order valence-corrected chi connectivity index (χ1v) is 8.58. The number of rotatable bonds is 4. The highest BCUT2D eigenvalue weighted by Gasteiger charge is 2.35. The van der Waals surface area contributed by atoms with Crippen LogP contribution >= 0.6 is 0 Å². The molecule has 0 saturated carbocycles. The Morgan fingerprint density at radius 3 is 3.00 bits per heavy atom. The quantitative estimate of drug-likeness (QED) is 0.626. The van der Waals surface area contributed by atoms with E-state index in [-0.39, 0.29) is 28.6 Å². The number of nitrogens with one attached hydrogen (secondary N) is 2. The maximum Gasteiger partial charge on any atom is 0.271 e. The number of carbonyl (C=O) groups is 1. The zero-order valence-electron chi connectivity index (χ0n) is 14.7. The van der Waals surface area contributed by atoms with Gasteiger partial charge in [0.25, 0.3) is 5.56 Å². The monoisotopic (exact) mass is 369 g/mol. The van der Waals surface area contributed by atoms with Crippen LogP contribution in [0.3, 0.4) is 0 Å². The van der Waals surface area contributed by atoms with E-state index in [1.807, 2.05) is 12.1 Å². The van der Waals surface area contributed by atoms with Crippen molar-refractivity contribution < 1.29 is 14.3 Å². The normalized spacial score (nSPS) is 18.0. The molecule has 2 unspecified atom stereocenters. The third-order valence-corrected chi connectivity index (χ3v) is 4.92. The van der Waals surface area contributed by atoms with E-state index in [9.17, 15) is 9.59 Å². The number of hydrogen-bond donors (Lipinski definition) is 3. The average molecular weight is 369 g/mol. The van der Waals surface area contributed by atoms with Crippen molar-refractivity contribution in [2.45, 2.75) is 18.9 Å². The lowest BCUT2D eigenvalue weighted by Crippen LogP contribution is -2.32. The number of fused-ring (bicyclic) bond motifs is 2. The summed E-state index contributed by atoms with van der Waals surface area (Å²) in [6.07, 6.45) is 1.82. The zero-order valence-corrected chi connectivity index (χ0v) is 14.7. The minimum atomic E-state index is -0.454. The fourth-order valence-corrected chi connectivity index (χ4v) is 3.51. The van der Waals surface area contributed by atoms with Crippen molar-refractivity contribution in [3.63, 3.8) is 0 Å². The molecule has 2 atom stereocenters. The van der Waals surface area contributed by atoms with Crippen molar-refractivity contribution in [3.05, 3.63) is 46.0 Å². The number of hydrogen-bond acceptors (Lipinski definition) is 7. The summed E-state index contributed by atoms with van der Waals surface area (Å²) >= 11 is 0. The molecule has 4 rings (SSSR count). The molecule has 0 bridgehead atoms. The van der Waals surface area contributed by atoms with Gasteiger partial charge in [-0.25, -0.2) is 9.97 Å². The van der Waals surface area contributed by atoms with Crippen molar-refractivity contribution in [1.29, 1.82) is 0 Å². The minimum absolute atomic E-state index is 0.104. The fourth-order valence-electron chi connectivity index (χ4n) is 3.51. The van der Waals surface area contributed by atoms with Crippen LogP contribution in [0.1, 0.15) is 22.3 Å². The topological polar surface area (TPSA) is 136 Å². The molecule has 0 fully saturated rings. The lowest BCUT2D eigenvalue weighted by molar-refractivity contribution is 0.0401. The standard InChI is InChI=1S/C18H19N5O4/c1-26-13(7-9-2-3-12-11(6-9)17(25)23-22-12)10-4-5-27-18-14(15(10)24)16(19)20-8-21-18/h2-3,6,8,10,13H,4-5,7H2,1H3,(H2,19,20,21)(H2,22,23,25). The number of carbonyl (C=O) groups excluding carboxylic acids is 1. The van der Waals surface area contributed by atoms with Crippen molar-refractivity contribution >= 4 is 22.5 Å². The molecule has 0 radical (unpaired) electrons. The number of ether oxygens (including phenoxy) is 2. The summed E-state index contributed by atoms with van der Waals surface area (Å²) in [4.78, 5) is 32.9. The second-order valence-corrected chi connectivity index (χ2v) is 6.48. The van der Waals surface area contributed by atoms with Gasteiger partial charge < -0.3 is 15.2 Å². The van der Waals surface area contributed by atoms with Gasteiger partial charge in [-0.1, -0.05) is 6.07 Å². The zero-order chi connectivity index (χ0) is 19.0. The molecule has 9 heteroatoms. The van der Waals surface area contributed by atoms with Crippen LogP contribution in [0.25, 0.3) is 10.9 Å². The molecule has 1 aliphatic heterocycles. The van der Waals surface area contributed by atoms with Crippen LogP contribution in [0.2, 0.25) is 0 Å². The SMILES string of the molecule is COC(Cc1ccc2[nH][nH]c(=O)c2c1)C1CCOc2ncnc(N)c2C1=O. The Bertz CT molecular complexity index is 1060. The number of anilines is 1. The number of benzene rings is 1. The molecule has 140 valence electrons. The third kappa shape index (κ3) is 3.06. The maximum absolute atomic E-state index is 13.1. The molecule has 0 spiro atoms. The summed E-state index contributed by atoms with van der Waals surface area (Å²) in [6.45, 7) is 0.330. The van der Waals surface area contributed by atoms with Crippen LogP contribution in [0.5, 0.6) is 5.88 Å². The number of aromatic nitrogens is 4. The average Bonchev–Trinajstić information content (AvgIpc) is 2.94. The highest BCUT2D eigenvalue weighted by molar-refractivity contribution is 6.04. The largest absolute Gasteiger partial charge is 0.477 e. The van der Waals surface area contributed by atoms with E-state index >= 15 is 0 Å². The van der Waals surface area contributed by atoms with E-state index in [4.69, 9.17) is 15.2 Å². The molecule has 1 aliphatic rings. The van der Waals surface area contributed by atoms with Gasteiger partial charge in [-0.15, -0.1) is 0 Å². The second kappa shape index (κ2) is 6.84. The first kappa shape index (κ1) is 17.2. The van der Waals surface area contributed by atoms with Crippen LogP contribution in [-0.2, 0) is 11.2 Å². The Labute approximate surface area is 153 Å². The number of nitrogens with zero attached hydrogens (tertiary/aromatic N) is 2. The molecule has 0 aliphatic carbocycles. The molecule has 0 saturated heterocycles. The van der Waals surface area contributed by atoms with Crippen LogP contribution in [0.15, 0.2) is 29.3 Å². The predicted molar refractivity (Wildman–Crippen MR) is 97.8 cm³/mol. The number of H-pyrrole nitrogens is 2. The number of aromatic amines is 2. The molecule has 0 amide bonds. The van der Waals surface area contributed by atoms with Crippen LogP contribution in [0, 0.1) is 5.92 Å². The molecule has 3 heterocycles. The van der Waals surface area contributed by atoms with Crippen LogP contribution in [-0.4, -0.2) is 45.8 Å². The summed E-state index contributed by atoms with van der Waals surface area (Å²) < 4.78 is 11.2. The van der Waals surface area contributed by atoms with E-state index in [0.717, 1.165) is 11.1 Å². The van der Waals surface area contributed by atoms with Gasteiger partial charge in [-0.3, -0.25) is 19.8 Å². The van der Waals surface area contributed by atoms with E-state index in [0.29, 0.717) is 24.8 Å². The Morgan fingerprint density at radius 1 is 1.33 bits per heavy atom. The number of nitrogens with two attached hydrogens (primary N) is 1. The summed E-state index contributed by atoms with van der Waals surface area (Å²) in [7, 11) is 1.57. The Morgan fingerprint density at radius 2 is 2.19 bits per heavy atom. The van der Waals surface area contributed by atoms with Gasteiger partial charge in [0.2, 0.25) is 5.88 Å². The highest BCUT2D eigenvalue weighted by Crippen LogP contribution is 2.31. The molecule has 3 aromatic rings.